The van der Waals surface area contributed by atoms with Crippen LogP contribution in [0, 0.1) is 6.92 Å². The maximum Gasteiger partial charge on any atom is 0.248 e. The van der Waals surface area contributed by atoms with Gasteiger partial charge in [0.1, 0.15) is 6.04 Å². The number of hydrogen-bond donors (Lipinski definition) is 1. The Morgan fingerprint density at radius 1 is 1.10 bits per heavy atom. The molecule has 2 N–H and O–H groups in total. The molecule has 3 rings (SSSR count). The van der Waals surface area contributed by atoms with Crippen molar-refractivity contribution >= 4 is 11.6 Å². The van der Waals surface area contributed by atoms with Crippen LogP contribution >= 0.6 is 11.6 Å². The summed E-state index contributed by atoms with van der Waals surface area (Å²) in [6.45, 7) is 2.00. The molecule has 0 spiro atoms. The van der Waals surface area contributed by atoms with Crippen molar-refractivity contribution in [2.75, 3.05) is 0 Å². The fourth-order valence-electron chi connectivity index (χ4n) is 2.16. The van der Waals surface area contributed by atoms with Crippen molar-refractivity contribution in [2.45, 2.75) is 13.0 Å². The van der Waals surface area contributed by atoms with Crippen molar-refractivity contribution in [3.8, 4) is 11.4 Å². The van der Waals surface area contributed by atoms with Gasteiger partial charge >= 0.3 is 0 Å². The highest BCUT2D eigenvalue weighted by molar-refractivity contribution is 6.31. The summed E-state index contributed by atoms with van der Waals surface area (Å²) in [5, 5.41) is 4.60. The summed E-state index contributed by atoms with van der Waals surface area (Å²) in [4.78, 5) is 4.40. The minimum Gasteiger partial charge on any atom is -0.337 e. The molecule has 0 aliphatic heterocycles. The van der Waals surface area contributed by atoms with Crippen molar-refractivity contribution in [3.05, 3.63) is 70.6 Å². The van der Waals surface area contributed by atoms with Crippen LogP contribution in [0.4, 0.5) is 0 Å². The van der Waals surface area contributed by atoms with Gasteiger partial charge in [-0.1, -0.05) is 59.2 Å². The molecule has 4 nitrogen and oxygen atoms in total. The van der Waals surface area contributed by atoms with E-state index in [2.05, 4.69) is 10.1 Å². The zero-order valence-electron chi connectivity index (χ0n) is 11.5. The van der Waals surface area contributed by atoms with Crippen LogP contribution in [-0.4, -0.2) is 10.1 Å². The summed E-state index contributed by atoms with van der Waals surface area (Å²) in [5.74, 6) is 0.881. The summed E-state index contributed by atoms with van der Waals surface area (Å²) in [7, 11) is 0. The van der Waals surface area contributed by atoms with Gasteiger partial charge in [0.25, 0.3) is 0 Å². The first kappa shape index (κ1) is 13.8. The van der Waals surface area contributed by atoms with Crippen LogP contribution in [0.1, 0.15) is 23.1 Å². The zero-order chi connectivity index (χ0) is 14.8. The molecule has 0 aliphatic rings. The topological polar surface area (TPSA) is 64.9 Å². The number of aryl methyl sites for hydroxylation is 1. The Morgan fingerprint density at radius 3 is 2.57 bits per heavy atom. The number of nitrogens with zero attached hydrogens (tertiary/aromatic N) is 2. The predicted molar refractivity (Wildman–Crippen MR) is 82.0 cm³/mol. The molecule has 3 aromatic rings. The lowest BCUT2D eigenvalue weighted by Crippen LogP contribution is -2.12. The van der Waals surface area contributed by atoms with Crippen LogP contribution < -0.4 is 5.73 Å². The van der Waals surface area contributed by atoms with Crippen LogP contribution in [0.2, 0.25) is 5.02 Å². The molecular weight excluding hydrogens is 286 g/mol. The van der Waals surface area contributed by atoms with E-state index in [4.69, 9.17) is 21.9 Å². The fourth-order valence-corrected chi connectivity index (χ4v) is 2.41. The summed E-state index contributed by atoms with van der Waals surface area (Å²) in [6, 6.07) is 14.7. The van der Waals surface area contributed by atoms with E-state index in [1.54, 1.807) is 6.07 Å². The fraction of sp³-hybridized carbons (Fsp3) is 0.125. The number of rotatable bonds is 3. The highest BCUT2D eigenvalue weighted by Crippen LogP contribution is 2.27. The predicted octanol–water partition coefficient (Wildman–Crippen LogP) is 3.75. The molecule has 0 amide bonds. The molecule has 0 bridgehead atoms. The summed E-state index contributed by atoms with van der Waals surface area (Å²) in [5.41, 5.74) is 8.94. The van der Waals surface area contributed by atoms with Crippen LogP contribution in [0.25, 0.3) is 11.4 Å². The zero-order valence-corrected chi connectivity index (χ0v) is 12.2. The van der Waals surface area contributed by atoms with E-state index in [1.807, 2.05) is 49.4 Å². The van der Waals surface area contributed by atoms with Gasteiger partial charge in [-0.05, 0) is 24.1 Å². The molecule has 1 heterocycles. The van der Waals surface area contributed by atoms with Crippen molar-refractivity contribution in [1.29, 1.82) is 0 Å². The van der Waals surface area contributed by atoms with Crippen molar-refractivity contribution < 1.29 is 4.52 Å². The molecule has 1 aromatic heterocycles. The van der Waals surface area contributed by atoms with Gasteiger partial charge in [-0.2, -0.15) is 4.98 Å². The molecule has 5 heteroatoms. The quantitative estimate of drug-likeness (QED) is 0.800. The molecule has 21 heavy (non-hydrogen) atoms. The van der Waals surface area contributed by atoms with E-state index in [0.29, 0.717) is 16.7 Å². The lowest BCUT2D eigenvalue weighted by atomic mass is 10.1. The van der Waals surface area contributed by atoms with Gasteiger partial charge in [0.2, 0.25) is 11.7 Å². The molecular formula is C16H14ClN3O. The lowest BCUT2D eigenvalue weighted by Gasteiger charge is -2.08. The molecule has 0 fully saturated rings. The number of hydrogen-bond acceptors (Lipinski definition) is 4. The van der Waals surface area contributed by atoms with E-state index < -0.39 is 6.04 Å². The molecule has 0 radical (unpaired) electrons. The number of halogens is 1. The maximum absolute atomic E-state index is 6.17. The minimum atomic E-state index is -0.538. The normalized spacial score (nSPS) is 12.3. The second-order valence-electron chi connectivity index (χ2n) is 4.77. The van der Waals surface area contributed by atoms with Crippen molar-refractivity contribution in [3.63, 3.8) is 0 Å². The minimum absolute atomic E-state index is 0.348. The highest BCUT2D eigenvalue weighted by atomic mass is 35.5. The molecule has 0 saturated heterocycles. The van der Waals surface area contributed by atoms with E-state index >= 15 is 0 Å². The number of benzene rings is 2. The average molecular weight is 300 g/mol. The van der Waals surface area contributed by atoms with Gasteiger partial charge in [-0.25, -0.2) is 0 Å². The van der Waals surface area contributed by atoms with E-state index in [-0.39, 0.29) is 0 Å². The summed E-state index contributed by atoms with van der Waals surface area (Å²) in [6.07, 6.45) is 0. The third-order valence-electron chi connectivity index (χ3n) is 3.33. The molecule has 0 unspecified atom stereocenters. The molecule has 2 aromatic carbocycles. The van der Waals surface area contributed by atoms with Crippen molar-refractivity contribution in [1.82, 2.24) is 10.1 Å². The molecule has 106 valence electrons. The Kier molecular flexibility index (Phi) is 3.73. The molecule has 1 atom stereocenters. The largest absolute Gasteiger partial charge is 0.337 e. The van der Waals surface area contributed by atoms with E-state index in [9.17, 15) is 0 Å². The Bertz CT molecular complexity index is 769. The standard InChI is InChI=1S/C16H14ClN3O/c1-10-6-2-3-7-11(10)15-19-16(21-20-15)14(18)12-8-4-5-9-13(12)17/h2-9,14H,18H2,1H3/t14-/m1/s1. The SMILES string of the molecule is Cc1ccccc1-c1noc([C@H](N)c2ccccc2Cl)n1. The third kappa shape index (κ3) is 2.68. The van der Waals surface area contributed by atoms with E-state index in [1.165, 1.54) is 0 Å². The van der Waals surface area contributed by atoms with E-state index in [0.717, 1.165) is 16.7 Å². The van der Waals surface area contributed by atoms with Gasteiger partial charge in [-0.3, -0.25) is 0 Å². The molecule has 0 aliphatic carbocycles. The smallest absolute Gasteiger partial charge is 0.248 e. The Labute approximate surface area is 127 Å². The second-order valence-corrected chi connectivity index (χ2v) is 5.18. The number of aromatic nitrogens is 2. The summed E-state index contributed by atoms with van der Waals surface area (Å²) < 4.78 is 5.30. The maximum atomic E-state index is 6.17. The Balaban J connectivity index is 1.96. The van der Waals surface area contributed by atoms with Crippen LogP contribution in [0.3, 0.4) is 0 Å². The van der Waals surface area contributed by atoms with Gasteiger partial charge < -0.3 is 10.3 Å². The van der Waals surface area contributed by atoms with Crippen LogP contribution in [0.5, 0.6) is 0 Å². The van der Waals surface area contributed by atoms with Gasteiger partial charge in [0.15, 0.2) is 0 Å². The van der Waals surface area contributed by atoms with Gasteiger partial charge in [-0.15, -0.1) is 0 Å². The Morgan fingerprint density at radius 2 is 1.81 bits per heavy atom. The average Bonchev–Trinajstić information content (AvgIpc) is 2.97. The highest BCUT2D eigenvalue weighted by Gasteiger charge is 2.20. The van der Waals surface area contributed by atoms with Crippen LogP contribution in [-0.2, 0) is 0 Å². The van der Waals surface area contributed by atoms with Crippen molar-refractivity contribution in [2.24, 2.45) is 5.73 Å². The first-order valence-corrected chi connectivity index (χ1v) is 6.94. The van der Waals surface area contributed by atoms with Crippen LogP contribution in [0.15, 0.2) is 53.1 Å². The van der Waals surface area contributed by atoms with Gasteiger partial charge in [0.05, 0.1) is 0 Å². The first-order valence-electron chi connectivity index (χ1n) is 6.56. The molecule has 0 saturated carbocycles. The first-order chi connectivity index (χ1) is 10.2. The Hall–Kier alpha value is -2.17. The third-order valence-corrected chi connectivity index (χ3v) is 3.68. The number of nitrogens with two attached hydrogens (primary N) is 1. The summed E-state index contributed by atoms with van der Waals surface area (Å²) >= 11 is 6.15. The second kappa shape index (κ2) is 5.68. The monoisotopic (exact) mass is 299 g/mol. The van der Waals surface area contributed by atoms with Gasteiger partial charge in [0, 0.05) is 10.6 Å². The lowest BCUT2D eigenvalue weighted by molar-refractivity contribution is 0.367.